The highest BCUT2D eigenvalue weighted by Crippen LogP contribution is 2.25. The third-order valence-corrected chi connectivity index (χ3v) is 4.58. The lowest BCUT2D eigenvalue weighted by molar-refractivity contribution is -0.384. The summed E-state index contributed by atoms with van der Waals surface area (Å²) in [5, 5.41) is 10.9. The SMILES string of the molecule is O=C(OCC(=O)N(Cc1ccccc1)c1ccccc1)c1ccc(Cl)c([N+](=O)[O-])c1. The van der Waals surface area contributed by atoms with Gasteiger partial charge < -0.3 is 9.64 Å². The summed E-state index contributed by atoms with van der Waals surface area (Å²) < 4.78 is 5.11. The summed E-state index contributed by atoms with van der Waals surface area (Å²) >= 11 is 5.76. The van der Waals surface area contributed by atoms with Gasteiger partial charge in [-0.3, -0.25) is 14.9 Å². The van der Waals surface area contributed by atoms with Gasteiger partial charge in [0.25, 0.3) is 11.6 Å². The zero-order valence-electron chi connectivity index (χ0n) is 15.7. The number of nitrogens with zero attached hydrogens (tertiary/aromatic N) is 2. The van der Waals surface area contributed by atoms with Crippen LogP contribution in [0.4, 0.5) is 11.4 Å². The Labute approximate surface area is 177 Å². The summed E-state index contributed by atoms with van der Waals surface area (Å²) in [4.78, 5) is 36.9. The Morgan fingerprint density at radius 2 is 1.60 bits per heavy atom. The third kappa shape index (κ3) is 5.21. The number of hydrogen-bond donors (Lipinski definition) is 0. The second kappa shape index (κ2) is 9.67. The van der Waals surface area contributed by atoms with Gasteiger partial charge in [-0.25, -0.2) is 4.79 Å². The molecule has 0 saturated carbocycles. The van der Waals surface area contributed by atoms with Gasteiger partial charge in [0.15, 0.2) is 6.61 Å². The highest BCUT2D eigenvalue weighted by atomic mass is 35.5. The smallest absolute Gasteiger partial charge is 0.338 e. The van der Waals surface area contributed by atoms with Crippen LogP contribution in [0.15, 0.2) is 78.9 Å². The molecule has 0 aliphatic carbocycles. The minimum Gasteiger partial charge on any atom is -0.452 e. The van der Waals surface area contributed by atoms with E-state index in [1.54, 1.807) is 24.3 Å². The molecule has 0 atom stereocenters. The van der Waals surface area contributed by atoms with Crippen molar-refractivity contribution in [3.05, 3.63) is 105 Å². The number of carbonyl (C=O) groups excluding carboxylic acids is 2. The molecular weight excluding hydrogens is 408 g/mol. The van der Waals surface area contributed by atoms with Gasteiger partial charge in [-0.1, -0.05) is 60.1 Å². The lowest BCUT2D eigenvalue weighted by Gasteiger charge is -2.23. The lowest BCUT2D eigenvalue weighted by Crippen LogP contribution is -2.34. The van der Waals surface area contributed by atoms with Gasteiger partial charge in [-0.15, -0.1) is 0 Å². The number of amides is 1. The maximum absolute atomic E-state index is 12.8. The molecule has 0 radical (unpaired) electrons. The first-order chi connectivity index (χ1) is 14.5. The number of ether oxygens (including phenoxy) is 1. The largest absolute Gasteiger partial charge is 0.452 e. The maximum Gasteiger partial charge on any atom is 0.338 e. The Morgan fingerprint density at radius 1 is 0.967 bits per heavy atom. The van der Waals surface area contributed by atoms with Crippen molar-refractivity contribution in [2.24, 2.45) is 0 Å². The van der Waals surface area contributed by atoms with E-state index in [1.807, 2.05) is 36.4 Å². The minimum absolute atomic E-state index is 0.0618. The molecule has 3 aromatic rings. The summed E-state index contributed by atoms with van der Waals surface area (Å²) in [6.07, 6.45) is 0. The third-order valence-electron chi connectivity index (χ3n) is 4.26. The van der Waals surface area contributed by atoms with Gasteiger partial charge >= 0.3 is 5.97 Å². The van der Waals surface area contributed by atoms with Crippen molar-refractivity contribution in [2.75, 3.05) is 11.5 Å². The fourth-order valence-corrected chi connectivity index (χ4v) is 2.95. The van der Waals surface area contributed by atoms with Crippen LogP contribution in [0.3, 0.4) is 0 Å². The predicted molar refractivity (Wildman–Crippen MR) is 112 cm³/mol. The van der Waals surface area contributed by atoms with Crippen LogP contribution in [0, 0.1) is 10.1 Å². The van der Waals surface area contributed by atoms with E-state index >= 15 is 0 Å². The Balaban J connectivity index is 1.73. The molecule has 0 saturated heterocycles. The van der Waals surface area contributed by atoms with Crippen molar-refractivity contribution in [3.8, 4) is 0 Å². The second-order valence-corrected chi connectivity index (χ2v) is 6.71. The van der Waals surface area contributed by atoms with E-state index in [9.17, 15) is 19.7 Å². The standard InChI is InChI=1S/C22H17ClN2O5/c23-19-12-11-17(13-20(19)25(28)29)22(27)30-15-21(26)24(18-9-5-2-6-10-18)14-16-7-3-1-4-8-16/h1-13H,14-15H2. The van der Waals surface area contributed by atoms with E-state index in [0.29, 0.717) is 12.2 Å². The molecule has 0 bridgehead atoms. The first kappa shape index (κ1) is 21.0. The summed E-state index contributed by atoms with van der Waals surface area (Å²) in [5.74, 6) is -1.28. The second-order valence-electron chi connectivity index (χ2n) is 6.30. The Bertz CT molecular complexity index is 1060. The average molecular weight is 425 g/mol. The molecule has 0 N–H and O–H groups in total. The number of para-hydroxylation sites is 1. The normalized spacial score (nSPS) is 10.3. The molecule has 0 spiro atoms. The fourth-order valence-electron chi connectivity index (χ4n) is 2.77. The number of nitro groups is 1. The molecule has 0 aliphatic heterocycles. The molecule has 0 aromatic heterocycles. The number of esters is 1. The highest BCUT2D eigenvalue weighted by molar-refractivity contribution is 6.32. The lowest BCUT2D eigenvalue weighted by atomic mass is 10.2. The summed E-state index contributed by atoms with van der Waals surface area (Å²) in [5.41, 5.74) is 1.10. The van der Waals surface area contributed by atoms with Crippen LogP contribution in [-0.2, 0) is 16.1 Å². The molecule has 1 amide bonds. The van der Waals surface area contributed by atoms with Crippen LogP contribution >= 0.6 is 11.6 Å². The van der Waals surface area contributed by atoms with Crippen LogP contribution < -0.4 is 4.90 Å². The van der Waals surface area contributed by atoms with Crippen LogP contribution in [-0.4, -0.2) is 23.4 Å². The Hall–Kier alpha value is -3.71. The molecule has 0 unspecified atom stereocenters. The molecule has 30 heavy (non-hydrogen) atoms. The first-order valence-corrected chi connectivity index (χ1v) is 9.34. The van der Waals surface area contributed by atoms with Crippen LogP contribution in [0.1, 0.15) is 15.9 Å². The van der Waals surface area contributed by atoms with Crippen molar-refractivity contribution in [1.29, 1.82) is 0 Å². The molecule has 0 aliphatic rings. The van der Waals surface area contributed by atoms with E-state index in [2.05, 4.69) is 0 Å². The predicted octanol–water partition coefficient (Wildman–Crippen LogP) is 4.64. The number of hydrogen-bond acceptors (Lipinski definition) is 5. The van der Waals surface area contributed by atoms with Gasteiger partial charge in [-0.05, 0) is 29.8 Å². The number of anilines is 1. The van der Waals surface area contributed by atoms with Crippen molar-refractivity contribution in [3.63, 3.8) is 0 Å². The molecule has 0 heterocycles. The zero-order valence-corrected chi connectivity index (χ0v) is 16.5. The number of rotatable bonds is 7. The van der Waals surface area contributed by atoms with E-state index in [4.69, 9.17) is 16.3 Å². The van der Waals surface area contributed by atoms with Crippen molar-refractivity contribution < 1.29 is 19.2 Å². The molecule has 3 rings (SSSR count). The molecule has 0 fully saturated rings. The molecule has 3 aromatic carbocycles. The van der Waals surface area contributed by atoms with Gasteiger partial charge in [0.05, 0.1) is 17.0 Å². The van der Waals surface area contributed by atoms with Gasteiger partial charge in [0.1, 0.15) is 5.02 Å². The van der Waals surface area contributed by atoms with E-state index < -0.39 is 29.1 Å². The maximum atomic E-state index is 12.8. The summed E-state index contributed by atoms with van der Waals surface area (Å²) in [6.45, 7) is -0.218. The summed E-state index contributed by atoms with van der Waals surface area (Å²) in [6, 6.07) is 22.0. The van der Waals surface area contributed by atoms with Crippen molar-refractivity contribution in [2.45, 2.75) is 6.54 Å². The van der Waals surface area contributed by atoms with E-state index in [-0.39, 0.29) is 10.6 Å². The van der Waals surface area contributed by atoms with E-state index in [1.165, 1.54) is 17.0 Å². The van der Waals surface area contributed by atoms with Gasteiger partial charge in [-0.2, -0.15) is 0 Å². The molecular formula is C22H17ClN2O5. The topological polar surface area (TPSA) is 89.8 Å². The number of benzene rings is 3. The van der Waals surface area contributed by atoms with Crippen LogP contribution in [0.5, 0.6) is 0 Å². The van der Waals surface area contributed by atoms with Gasteiger partial charge in [0, 0.05) is 11.8 Å². The summed E-state index contributed by atoms with van der Waals surface area (Å²) in [7, 11) is 0. The van der Waals surface area contributed by atoms with Gasteiger partial charge in [0.2, 0.25) is 0 Å². The van der Waals surface area contributed by atoms with E-state index in [0.717, 1.165) is 11.6 Å². The highest BCUT2D eigenvalue weighted by Gasteiger charge is 2.21. The zero-order chi connectivity index (χ0) is 21.5. The van der Waals surface area contributed by atoms with Crippen molar-refractivity contribution in [1.82, 2.24) is 0 Å². The quantitative estimate of drug-likeness (QED) is 0.313. The van der Waals surface area contributed by atoms with Crippen molar-refractivity contribution >= 4 is 34.9 Å². The monoisotopic (exact) mass is 424 g/mol. The molecule has 152 valence electrons. The number of nitro benzene ring substituents is 1. The fraction of sp³-hybridized carbons (Fsp3) is 0.0909. The van der Waals surface area contributed by atoms with Crippen LogP contribution in [0.2, 0.25) is 5.02 Å². The number of carbonyl (C=O) groups is 2. The average Bonchev–Trinajstić information content (AvgIpc) is 2.77. The Kier molecular flexibility index (Phi) is 6.77. The number of halogens is 1. The Morgan fingerprint density at radius 3 is 2.23 bits per heavy atom. The molecule has 8 heteroatoms. The van der Waals surface area contributed by atoms with Crippen LogP contribution in [0.25, 0.3) is 0 Å². The molecule has 7 nitrogen and oxygen atoms in total. The minimum atomic E-state index is -0.851. The first-order valence-electron chi connectivity index (χ1n) is 8.96.